The Bertz CT molecular complexity index is 539. The number of rotatable bonds is 5. The Hall–Kier alpha value is -2.10. The van der Waals surface area contributed by atoms with Crippen molar-refractivity contribution in [3.8, 4) is 0 Å². The van der Waals surface area contributed by atoms with Crippen molar-refractivity contribution in [2.75, 3.05) is 23.8 Å². The summed E-state index contributed by atoms with van der Waals surface area (Å²) in [6.45, 7) is 5.16. The molecule has 4 heteroatoms. The topological polar surface area (TPSA) is 41.0 Å². The summed E-state index contributed by atoms with van der Waals surface area (Å²) in [7, 11) is 2.02. The van der Waals surface area contributed by atoms with Crippen molar-refractivity contribution in [2.24, 2.45) is 0 Å². The molecule has 1 aromatic heterocycles. The van der Waals surface area contributed by atoms with E-state index >= 15 is 0 Å². The van der Waals surface area contributed by atoms with Crippen molar-refractivity contribution in [2.45, 2.75) is 20.3 Å². The maximum absolute atomic E-state index is 4.34. The van der Waals surface area contributed by atoms with Gasteiger partial charge in [-0.3, -0.25) is 0 Å². The van der Waals surface area contributed by atoms with Crippen LogP contribution in [0.2, 0.25) is 0 Å². The summed E-state index contributed by atoms with van der Waals surface area (Å²) >= 11 is 0. The summed E-state index contributed by atoms with van der Waals surface area (Å²) < 4.78 is 0. The number of aryl methyl sites for hydroxylation is 1. The number of aromatic nitrogens is 2. The quantitative estimate of drug-likeness (QED) is 0.890. The van der Waals surface area contributed by atoms with Gasteiger partial charge in [0, 0.05) is 25.3 Å². The molecule has 19 heavy (non-hydrogen) atoms. The summed E-state index contributed by atoms with van der Waals surface area (Å²) in [5.74, 6) is 1.76. The van der Waals surface area contributed by atoms with Crippen LogP contribution in [0.4, 0.5) is 17.3 Å². The fraction of sp³-hybridized carbons (Fsp3) is 0.333. The van der Waals surface area contributed by atoms with E-state index in [1.54, 1.807) is 6.33 Å². The molecule has 0 aliphatic rings. The fourth-order valence-corrected chi connectivity index (χ4v) is 1.94. The van der Waals surface area contributed by atoms with Crippen molar-refractivity contribution < 1.29 is 0 Å². The Morgan fingerprint density at radius 3 is 2.74 bits per heavy atom. The first-order valence-electron chi connectivity index (χ1n) is 6.57. The minimum Gasteiger partial charge on any atom is -0.370 e. The van der Waals surface area contributed by atoms with Gasteiger partial charge in [-0.25, -0.2) is 9.97 Å². The van der Waals surface area contributed by atoms with Crippen LogP contribution in [0.5, 0.6) is 0 Å². The van der Waals surface area contributed by atoms with Gasteiger partial charge in [-0.05, 0) is 25.0 Å². The molecule has 0 unspecified atom stereocenters. The van der Waals surface area contributed by atoms with E-state index in [1.807, 2.05) is 25.2 Å². The molecule has 0 atom stereocenters. The first-order chi connectivity index (χ1) is 9.22. The van der Waals surface area contributed by atoms with E-state index in [-0.39, 0.29) is 0 Å². The molecule has 0 bridgehead atoms. The zero-order valence-corrected chi connectivity index (χ0v) is 11.7. The minimum atomic E-state index is 0.868. The molecule has 0 amide bonds. The summed E-state index contributed by atoms with van der Waals surface area (Å²) in [4.78, 5) is 10.6. The Morgan fingerprint density at radius 1 is 1.21 bits per heavy atom. The normalized spacial score (nSPS) is 10.3. The van der Waals surface area contributed by atoms with E-state index in [0.29, 0.717) is 0 Å². The predicted molar refractivity (Wildman–Crippen MR) is 80.1 cm³/mol. The molecule has 0 saturated carbocycles. The molecule has 2 rings (SSSR count). The van der Waals surface area contributed by atoms with Gasteiger partial charge in [-0.1, -0.05) is 25.1 Å². The van der Waals surface area contributed by atoms with Crippen molar-refractivity contribution in [3.05, 3.63) is 42.2 Å². The maximum atomic E-state index is 4.34. The van der Waals surface area contributed by atoms with E-state index < -0.39 is 0 Å². The molecule has 0 aliphatic carbocycles. The lowest BCUT2D eigenvalue weighted by atomic mass is 10.2. The summed E-state index contributed by atoms with van der Waals surface area (Å²) in [5, 5.41) is 3.28. The number of benzene rings is 1. The lowest BCUT2D eigenvalue weighted by Crippen LogP contribution is -2.13. The molecule has 100 valence electrons. The second-order valence-electron chi connectivity index (χ2n) is 4.53. The van der Waals surface area contributed by atoms with Crippen LogP contribution in [0.1, 0.15) is 18.9 Å². The van der Waals surface area contributed by atoms with Crippen LogP contribution in [-0.2, 0) is 0 Å². The van der Waals surface area contributed by atoms with Crippen LogP contribution in [0.15, 0.2) is 36.7 Å². The molecular weight excluding hydrogens is 236 g/mol. The first-order valence-corrected chi connectivity index (χ1v) is 6.57. The van der Waals surface area contributed by atoms with Crippen molar-refractivity contribution in [1.82, 2.24) is 9.97 Å². The molecule has 1 N–H and O–H groups in total. The van der Waals surface area contributed by atoms with Crippen LogP contribution < -0.4 is 10.2 Å². The molecule has 2 aromatic rings. The summed E-state index contributed by atoms with van der Waals surface area (Å²) in [6.07, 6.45) is 2.68. The number of nitrogens with zero attached hydrogens (tertiary/aromatic N) is 3. The van der Waals surface area contributed by atoms with Crippen LogP contribution in [0.25, 0.3) is 0 Å². The third-order valence-electron chi connectivity index (χ3n) is 3.03. The van der Waals surface area contributed by atoms with Gasteiger partial charge < -0.3 is 10.2 Å². The zero-order valence-electron chi connectivity index (χ0n) is 11.7. The highest BCUT2D eigenvalue weighted by Gasteiger charge is 2.08. The largest absolute Gasteiger partial charge is 0.370 e. The second kappa shape index (κ2) is 6.18. The zero-order chi connectivity index (χ0) is 13.7. The Kier molecular flexibility index (Phi) is 4.34. The minimum absolute atomic E-state index is 0.868. The van der Waals surface area contributed by atoms with E-state index in [4.69, 9.17) is 0 Å². The third-order valence-corrected chi connectivity index (χ3v) is 3.03. The van der Waals surface area contributed by atoms with Crippen LogP contribution >= 0.6 is 0 Å². The molecule has 0 saturated heterocycles. The van der Waals surface area contributed by atoms with Crippen LogP contribution in [0.3, 0.4) is 0 Å². The number of para-hydroxylation sites is 1. The van der Waals surface area contributed by atoms with Gasteiger partial charge >= 0.3 is 0 Å². The van der Waals surface area contributed by atoms with Gasteiger partial charge in [0.2, 0.25) is 0 Å². The van der Waals surface area contributed by atoms with Crippen LogP contribution in [0, 0.1) is 6.92 Å². The number of anilines is 3. The van der Waals surface area contributed by atoms with E-state index in [0.717, 1.165) is 30.3 Å². The van der Waals surface area contributed by atoms with Crippen molar-refractivity contribution in [3.63, 3.8) is 0 Å². The molecule has 1 heterocycles. The lowest BCUT2D eigenvalue weighted by Gasteiger charge is -2.20. The Labute approximate surface area is 114 Å². The van der Waals surface area contributed by atoms with Gasteiger partial charge in [-0.2, -0.15) is 0 Å². The second-order valence-corrected chi connectivity index (χ2v) is 4.53. The lowest BCUT2D eigenvalue weighted by molar-refractivity contribution is 0.962. The predicted octanol–water partition coefficient (Wildman–Crippen LogP) is 3.37. The number of hydrogen-bond donors (Lipinski definition) is 1. The van der Waals surface area contributed by atoms with Gasteiger partial charge in [0.15, 0.2) is 0 Å². The smallest absolute Gasteiger partial charge is 0.138 e. The highest BCUT2D eigenvalue weighted by Crippen LogP contribution is 2.25. The average molecular weight is 256 g/mol. The average Bonchev–Trinajstić information content (AvgIpc) is 2.45. The highest BCUT2D eigenvalue weighted by molar-refractivity contribution is 5.64. The van der Waals surface area contributed by atoms with E-state index in [9.17, 15) is 0 Å². The van der Waals surface area contributed by atoms with Gasteiger partial charge in [0.1, 0.15) is 18.0 Å². The molecule has 0 fully saturated rings. The standard InChI is InChI=1S/C15H20N4/c1-4-9-16-14-10-15(18-11-17-14)19(3)13-8-6-5-7-12(13)2/h5-8,10-11H,4,9H2,1-3H3,(H,16,17,18). The monoisotopic (exact) mass is 256 g/mol. The Morgan fingerprint density at radius 2 is 2.00 bits per heavy atom. The molecule has 1 aromatic carbocycles. The first kappa shape index (κ1) is 13.3. The van der Waals surface area contributed by atoms with Crippen molar-refractivity contribution in [1.29, 1.82) is 0 Å². The van der Waals surface area contributed by atoms with Crippen LogP contribution in [-0.4, -0.2) is 23.6 Å². The third kappa shape index (κ3) is 3.22. The molecule has 4 nitrogen and oxygen atoms in total. The van der Waals surface area contributed by atoms with Gasteiger partial charge in [0.25, 0.3) is 0 Å². The van der Waals surface area contributed by atoms with Gasteiger partial charge in [0.05, 0.1) is 0 Å². The molecular formula is C15H20N4. The maximum Gasteiger partial charge on any atom is 0.138 e. The number of nitrogens with one attached hydrogen (secondary N) is 1. The number of hydrogen-bond acceptors (Lipinski definition) is 4. The molecule has 0 spiro atoms. The molecule has 0 aliphatic heterocycles. The van der Waals surface area contributed by atoms with E-state index in [2.05, 4.69) is 46.2 Å². The van der Waals surface area contributed by atoms with Crippen molar-refractivity contribution >= 4 is 17.3 Å². The Balaban J connectivity index is 2.24. The summed E-state index contributed by atoms with van der Waals surface area (Å²) in [5.41, 5.74) is 2.38. The van der Waals surface area contributed by atoms with E-state index in [1.165, 1.54) is 5.56 Å². The SMILES string of the molecule is CCCNc1cc(N(C)c2ccccc2C)ncn1. The highest BCUT2D eigenvalue weighted by atomic mass is 15.2. The molecule has 0 radical (unpaired) electrons. The fourth-order valence-electron chi connectivity index (χ4n) is 1.94. The van der Waals surface area contributed by atoms with Gasteiger partial charge in [-0.15, -0.1) is 0 Å². The summed E-state index contributed by atoms with van der Waals surface area (Å²) in [6, 6.07) is 10.2.